The largest absolute Gasteiger partial charge is 0.326 e. The number of hydrogen-bond acceptors (Lipinski definition) is 5. The van der Waals surface area contributed by atoms with E-state index >= 15 is 0 Å². The van der Waals surface area contributed by atoms with Crippen molar-refractivity contribution in [3.63, 3.8) is 0 Å². The maximum absolute atomic E-state index is 10.4. The number of rotatable bonds is 3. The summed E-state index contributed by atoms with van der Waals surface area (Å²) in [6, 6.07) is 7.58. The van der Waals surface area contributed by atoms with E-state index in [0.29, 0.717) is 18.7 Å². The lowest BCUT2D eigenvalue weighted by atomic mass is 10.1. The smallest absolute Gasteiger partial charge is 0.232 e. The summed E-state index contributed by atoms with van der Waals surface area (Å²) in [5, 5.41) is 0. The quantitative estimate of drug-likeness (QED) is 0.678. The Morgan fingerprint density at radius 1 is 1.47 bits per heavy atom. The Labute approximate surface area is 86.9 Å². The van der Waals surface area contributed by atoms with Crippen LogP contribution in [0.4, 0.5) is 0 Å². The van der Waals surface area contributed by atoms with Crippen LogP contribution >= 0.6 is 0 Å². The SMILES string of the molecule is NCc1ccc(C2=NC(C=O)ON2)cc1. The summed E-state index contributed by atoms with van der Waals surface area (Å²) >= 11 is 0. The Balaban J connectivity index is 2.20. The lowest BCUT2D eigenvalue weighted by Gasteiger charge is -2.01. The zero-order valence-electron chi connectivity index (χ0n) is 8.01. The molecule has 0 spiro atoms. The summed E-state index contributed by atoms with van der Waals surface area (Å²) in [5.74, 6) is 0.565. The fraction of sp³-hybridized carbons (Fsp3) is 0.200. The fourth-order valence-electron chi connectivity index (χ4n) is 1.29. The molecule has 0 radical (unpaired) electrons. The van der Waals surface area contributed by atoms with Crippen molar-refractivity contribution in [1.29, 1.82) is 0 Å². The van der Waals surface area contributed by atoms with Crippen molar-refractivity contribution in [2.45, 2.75) is 12.8 Å². The monoisotopic (exact) mass is 205 g/mol. The van der Waals surface area contributed by atoms with Crippen molar-refractivity contribution in [1.82, 2.24) is 5.48 Å². The first kappa shape index (κ1) is 9.82. The predicted octanol–water partition coefficient (Wildman–Crippen LogP) is -0.0483. The van der Waals surface area contributed by atoms with Crippen LogP contribution in [-0.2, 0) is 16.2 Å². The van der Waals surface area contributed by atoms with E-state index in [1.165, 1.54) is 0 Å². The molecular weight excluding hydrogens is 194 g/mol. The number of hydrogen-bond donors (Lipinski definition) is 2. The zero-order chi connectivity index (χ0) is 10.7. The minimum absolute atomic E-state index is 0.508. The maximum Gasteiger partial charge on any atom is 0.232 e. The van der Waals surface area contributed by atoms with E-state index in [-0.39, 0.29) is 0 Å². The van der Waals surface area contributed by atoms with Gasteiger partial charge in [-0.2, -0.15) is 0 Å². The third-order valence-electron chi connectivity index (χ3n) is 2.11. The van der Waals surface area contributed by atoms with E-state index in [1.807, 2.05) is 24.3 Å². The number of aliphatic imine (C=N–C) groups is 1. The molecule has 15 heavy (non-hydrogen) atoms. The van der Waals surface area contributed by atoms with E-state index < -0.39 is 6.23 Å². The van der Waals surface area contributed by atoms with Crippen LogP contribution in [-0.4, -0.2) is 18.3 Å². The second-order valence-corrected chi connectivity index (χ2v) is 3.13. The number of nitrogens with one attached hydrogen (secondary N) is 1. The van der Waals surface area contributed by atoms with E-state index in [2.05, 4.69) is 10.5 Å². The molecule has 0 saturated heterocycles. The van der Waals surface area contributed by atoms with Gasteiger partial charge in [0.25, 0.3) is 0 Å². The van der Waals surface area contributed by atoms with Gasteiger partial charge in [-0.3, -0.25) is 4.79 Å². The molecule has 5 nitrogen and oxygen atoms in total. The van der Waals surface area contributed by atoms with E-state index in [0.717, 1.165) is 11.1 Å². The summed E-state index contributed by atoms with van der Waals surface area (Å²) in [6.45, 7) is 0.508. The van der Waals surface area contributed by atoms with Crippen LogP contribution in [0.1, 0.15) is 11.1 Å². The van der Waals surface area contributed by atoms with Gasteiger partial charge < -0.3 is 5.73 Å². The molecule has 1 aliphatic rings. The van der Waals surface area contributed by atoms with Crippen LogP contribution in [0, 0.1) is 0 Å². The van der Waals surface area contributed by atoms with Gasteiger partial charge >= 0.3 is 0 Å². The Kier molecular flexibility index (Phi) is 2.75. The van der Waals surface area contributed by atoms with Crippen molar-refractivity contribution in [2.24, 2.45) is 10.7 Å². The highest BCUT2D eigenvalue weighted by Gasteiger charge is 2.17. The molecule has 1 aliphatic heterocycles. The molecule has 0 aliphatic carbocycles. The van der Waals surface area contributed by atoms with Crippen LogP contribution in [0.2, 0.25) is 0 Å². The maximum atomic E-state index is 10.4. The molecule has 1 atom stereocenters. The Hall–Kier alpha value is -1.72. The lowest BCUT2D eigenvalue weighted by Crippen LogP contribution is -2.19. The van der Waals surface area contributed by atoms with Crippen LogP contribution in [0.3, 0.4) is 0 Å². The number of nitrogens with zero attached hydrogens (tertiary/aromatic N) is 1. The van der Waals surface area contributed by atoms with Crippen molar-refractivity contribution in [2.75, 3.05) is 0 Å². The first-order chi connectivity index (χ1) is 7.33. The van der Waals surface area contributed by atoms with Crippen molar-refractivity contribution >= 4 is 12.1 Å². The molecule has 0 aromatic heterocycles. The first-order valence-corrected chi connectivity index (χ1v) is 4.57. The minimum atomic E-state index is -0.741. The van der Waals surface area contributed by atoms with Gasteiger partial charge in [0.1, 0.15) is 0 Å². The first-order valence-electron chi connectivity index (χ1n) is 4.57. The molecule has 0 bridgehead atoms. The highest BCUT2D eigenvalue weighted by Crippen LogP contribution is 2.08. The second kappa shape index (κ2) is 4.20. The van der Waals surface area contributed by atoms with Crippen LogP contribution in [0.5, 0.6) is 0 Å². The summed E-state index contributed by atoms with van der Waals surface area (Å²) in [4.78, 5) is 19.3. The summed E-state index contributed by atoms with van der Waals surface area (Å²) in [7, 11) is 0. The molecule has 1 aromatic carbocycles. The Morgan fingerprint density at radius 2 is 2.20 bits per heavy atom. The standard InChI is InChI=1S/C10H11N3O2/c11-5-7-1-3-8(4-2-7)10-12-9(6-14)15-13-10/h1-4,6,9H,5,11H2,(H,12,13). The molecule has 5 heteroatoms. The molecule has 78 valence electrons. The highest BCUT2D eigenvalue weighted by atomic mass is 16.7. The molecule has 1 heterocycles. The third-order valence-corrected chi connectivity index (χ3v) is 2.11. The average Bonchev–Trinajstić information content (AvgIpc) is 2.78. The Morgan fingerprint density at radius 3 is 2.73 bits per heavy atom. The highest BCUT2D eigenvalue weighted by molar-refractivity contribution is 5.99. The minimum Gasteiger partial charge on any atom is -0.326 e. The van der Waals surface area contributed by atoms with Crippen LogP contribution in [0.15, 0.2) is 29.3 Å². The van der Waals surface area contributed by atoms with E-state index in [1.54, 1.807) is 0 Å². The summed E-state index contributed by atoms with van der Waals surface area (Å²) in [6.07, 6.45) is -0.108. The number of aldehydes is 1. The zero-order valence-corrected chi connectivity index (χ0v) is 8.01. The molecule has 1 unspecified atom stereocenters. The van der Waals surface area contributed by atoms with E-state index in [4.69, 9.17) is 10.6 Å². The second-order valence-electron chi connectivity index (χ2n) is 3.13. The van der Waals surface area contributed by atoms with Crippen molar-refractivity contribution in [3.05, 3.63) is 35.4 Å². The number of carbonyl (C=O) groups is 1. The number of hydroxylamine groups is 1. The molecule has 2 rings (SSSR count). The van der Waals surface area contributed by atoms with Gasteiger partial charge in [-0.15, -0.1) is 0 Å². The van der Waals surface area contributed by atoms with Crippen LogP contribution in [0.25, 0.3) is 0 Å². The average molecular weight is 205 g/mol. The van der Waals surface area contributed by atoms with Gasteiger partial charge in [0.15, 0.2) is 12.1 Å². The fourth-order valence-corrected chi connectivity index (χ4v) is 1.29. The topological polar surface area (TPSA) is 76.7 Å². The Bertz CT molecular complexity index is 386. The lowest BCUT2D eigenvalue weighted by molar-refractivity contribution is -0.118. The predicted molar refractivity (Wildman–Crippen MR) is 54.9 cm³/mol. The van der Waals surface area contributed by atoms with Gasteiger partial charge in [-0.1, -0.05) is 24.3 Å². The molecule has 0 fully saturated rings. The molecule has 0 amide bonds. The normalized spacial score (nSPS) is 19.5. The van der Waals surface area contributed by atoms with Crippen molar-refractivity contribution < 1.29 is 9.63 Å². The van der Waals surface area contributed by atoms with Crippen LogP contribution < -0.4 is 11.2 Å². The van der Waals surface area contributed by atoms with Gasteiger partial charge in [0.05, 0.1) is 0 Å². The number of nitrogens with two attached hydrogens (primary N) is 1. The van der Waals surface area contributed by atoms with Gasteiger partial charge in [0.2, 0.25) is 6.23 Å². The van der Waals surface area contributed by atoms with Gasteiger partial charge in [0, 0.05) is 12.1 Å². The molecule has 3 N–H and O–H groups in total. The number of amidine groups is 1. The van der Waals surface area contributed by atoms with Gasteiger partial charge in [-0.05, 0) is 5.56 Å². The van der Waals surface area contributed by atoms with Crippen molar-refractivity contribution in [3.8, 4) is 0 Å². The molecule has 1 aromatic rings. The van der Waals surface area contributed by atoms with Gasteiger partial charge in [-0.25, -0.2) is 15.3 Å². The third kappa shape index (κ3) is 2.03. The van der Waals surface area contributed by atoms with E-state index in [9.17, 15) is 4.79 Å². The number of carbonyl (C=O) groups excluding carboxylic acids is 1. The summed E-state index contributed by atoms with van der Waals surface area (Å²) < 4.78 is 0. The molecular formula is C10H11N3O2. The summed E-state index contributed by atoms with van der Waals surface area (Å²) in [5.41, 5.74) is 10.00. The molecule has 0 saturated carbocycles. The number of benzene rings is 1.